The van der Waals surface area contributed by atoms with E-state index in [1.54, 1.807) is 6.26 Å². The Hall–Kier alpha value is -2.22. The molecule has 1 aliphatic rings. The molecule has 1 N–H and O–H groups in total. The normalized spacial score (nSPS) is 19.6. The predicted octanol–water partition coefficient (Wildman–Crippen LogP) is 2.04. The number of aliphatic hydroxyl groups excluding tert-OH is 1. The van der Waals surface area contributed by atoms with Crippen molar-refractivity contribution in [2.45, 2.75) is 31.6 Å². The number of aromatic nitrogens is 3. The van der Waals surface area contributed by atoms with E-state index in [0.29, 0.717) is 13.2 Å². The van der Waals surface area contributed by atoms with Crippen molar-refractivity contribution < 1.29 is 14.3 Å². The van der Waals surface area contributed by atoms with E-state index in [0.717, 1.165) is 36.6 Å². The molecule has 1 aliphatic heterocycles. The highest BCUT2D eigenvalue weighted by atomic mass is 16.5. The zero-order chi connectivity index (χ0) is 17.1. The average molecular weight is 342 g/mol. The molecule has 0 unspecified atom stereocenters. The monoisotopic (exact) mass is 342 g/mol. The fraction of sp³-hybridized carbons (Fsp3) is 0.444. The van der Waals surface area contributed by atoms with Crippen LogP contribution in [0.2, 0.25) is 0 Å². The second-order valence-electron chi connectivity index (χ2n) is 6.39. The number of β-amino-alcohol motifs (C(OH)–C–C–N with tert-alkyl or cyclic N) is 1. The first kappa shape index (κ1) is 16.3. The highest BCUT2D eigenvalue weighted by molar-refractivity contribution is 5.37. The van der Waals surface area contributed by atoms with Crippen molar-refractivity contribution in [1.29, 1.82) is 0 Å². The van der Waals surface area contributed by atoms with Crippen molar-refractivity contribution in [2.24, 2.45) is 0 Å². The second-order valence-corrected chi connectivity index (χ2v) is 6.39. The maximum Gasteiger partial charge on any atom is 0.160 e. The minimum atomic E-state index is -0.547. The molecule has 25 heavy (non-hydrogen) atoms. The topological polar surface area (TPSA) is 76.0 Å². The zero-order valence-corrected chi connectivity index (χ0v) is 14.0. The summed E-state index contributed by atoms with van der Waals surface area (Å²) in [7, 11) is 0. The minimum absolute atomic E-state index is 0.178. The molecule has 7 heteroatoms. The molecule has 3 aromatic rings. The van der Waals surface area contributed by atoms with Gasteiger partial charge in [0, 0.05) is 12.7 Å². The first-order valence-electron chi connectivity index (χ1n) is 8.63. The molecular formula is C18H22N4O3. The summed E-state index contributed by atoms with van der Waals surface area (Å²) < 4.78 is 12.8. The van der Waals surface area contributed by atoms with Gasteiger partial charge in [0.2, 0.25) is 0 Å². The molecule has 3 aromatic heterocycles. The Balaban J connectivity index is 1.36. The van der Waals surface area contributed by atoms with Gasteiger partial charge in [0.05, 0.1) is 25.0 Å². The van der Waals surface area contributed by atoms with Crippen LogP contribution in [0.5, 0.6) is 0 Å². The molecule has 4 rings (SSSR count). The highest BCUT2D eigenvalue weighted by Gasteiger charge is 2.31. The molecule has 0 spiro atoms. The van der Waals surface area contributed by atoms with Gasteiger partial charge in [-0.05, 0) is 43.7 Å². The number of ether oxygens (including phenoxy) is 1. The van der Waals surface area contributed by atoms with Crippen molar-refractivity contribution in [3.63, 3.8) is 0 Å². The van der Waals surface area contributed by atoms with Crippen molar-refractivity contribution >= 4 is 5.65 Å². The predicted molar refractivity (Wildman–Crippen MR) is 90.9 cm³/mol. The van der Waals surface area contributed by atoms with Crippen LogP contribution in [-0.2, 0) is 11.3 Å². The van der Waals surface area contributed by atoms with E-state index < -0.39 is 6.10 Å². The number of rotatable bonds is 7. The van der Waals surface area contributed by atoms with Crippen LogP contribution < -0.4 is 0 Å². The summed E-state index contributed by atoms with van der Waals surface area (Å²) in [5, 5.41) is 18.9. The molecule has 0 radical (unpaired) electrons. The molecule has 0 saturated carbocycles. The van der Waals surface area contributed by atoms with Gasteiger partial charge in [-0.25, -0.2) is 0 Å². The van der Waals surface area contributed by atoms with E-state index in [1.807, 2.05) is 40.9 Å². The van der Waals surface area contributed by atoms with Crippen molar-refractivity contribution in [3.05, 3.63) is 54.4 Å². The third kappa shape index (κ3) is 3.58. The SMILES string of the molecule is O[C@@H](COCc1ccco1)CN1CCC[C@@H]1c1nnc2ccccn12. The fourth-order valence-electron chi connectivity index (χ4n) is 3.44. The number of likely N-dealkylation sites (tertiary alicyclic amines) is 1. The smallest absolute Gasteiger partial charge is 0.160 e. The van der Waals surface area contributed by atoms with Crippen LogP contribution in [-0.4, -0.2) is 50.4 Å². The Morgan fingerprint density at radius 1 is 1.28 bits per heavy atom. The van der Waals surface area contributed by atoms with Crippen LogP contribution in [0.25, 0.3) is 5.65 Å². The van der Waals surface area contributed by atoms with Crippen LogP contribution in [0, 0.1) is 0 Å². The van der Waals surface area contributed by atoms with E-state index in [2.05, 4.69) is 15.1 Å². The Bertz CT molecular complexity index is 802. The van der Waals surface area contributed by atoms with Gasteiger partial charge in [0.15, 0.2) is 11.5 Å². The highest BCUT2D eigenvalue weighted by Crippen LogP contribution is 2.31. The molecule has 0 aromatic carbocycles. The Morgan fingerprint density at radius 2 is 2.24 bits per heavy atom. The Labute approximate surface area is 145 Å². The van der Waals surface area contributed by atoms with Gasteiger partial charge in [-0.3, -0.25) is 9.30 Å². The van der Waals surface area contributed by atoms with Crippen molar-refractivity contribution in [1.82, 2.24) is 19.5 Å². The van der Waals surface area contributed by atoms with E-state index in [9.17, 15) is 5.11 Å². The molecule has 2 atom stereocenters. The quantitative estimate of drug-likeness (QED) is 0.708. The van der Waals surface area contributed by atoms with Crippen LogP contribution in [0.3, 0.4) is 0 Å². The molecule has 1 fully saturated rings. The molecule has 0 amide bonds. The zero-order valence-electron chi connectivity index (χ0n) is 14.0. The number of aliphatic hydroxyl groups is 1. The number of pyridine rings is 1. The summed E-state index contributed by atoms with van der Waals surface area (Å²) in [6.45, 7) is 2.17. The number of hydrogen-bond acceptors (Lipinski definition) is 6. The lowest BCUT2D eigenvalue weighted by atomic mass is 10.2. The summed E-state index contributed by atoms with van der Waals surface area (Å²) in [6, 6.07) is 9.76. The van der Waals surface area contributed by atoms with E-state index in [-0.39, 0.29) is 12.6 Å². The van der Waals surface area contributed by atoms with Gasteiger partial charge in [0.25, 0.3) is 0 Å². The van der Waals surface area contributed by atoms with Crippen molar-refractivity contribution in [3.8, 4) is 0 Å². The largest absolute Gasteiger partial charge is 0.467 e. The summed E-state index contributed by atoms with van der Waals surface area (Å²) in [5.41, 5.74) is 0.853. The third-order valence-corrected chi connectivity index (χ3v) is 4.58. The van der Waals surface area contributed by atoms with Gasteiger partial charge in [0.1, 0.15) is 12.4 Å². The average Bonchev–Trinajstić information content (AvgIpc) is 3.34. The molecule has 7 nitrogen and oxygen atoms in total. The van der Waals surface area contributed by atoms with Gasteiger partial charge >= 0.3 is 0 Å². The lowest BCUT2D eigenvalue weighted by molar-refractivity contribution is 0.00258. The van der Waals surface area contributed by atoms with Crippen LogP contribution in [0.1, 0.15) is 30.5 Å². The van der Waals surface area contributed by atoms with Gasteiger partial charge in [-0.2, -0.15) is 0 Å². The van der Waals surface area contributed by atoms with Gasteiger partial charge in [-0.1, -0.05) is 6.07 Å². The molecule has 0 bridgehead atoms. The van der Waals surface area contributed by atoms with E-state index in [4.69, 9.17) is 9.15 Å². The van der Waals surface area contributed by atoms with Gasteiger partial charge < -0.3 is 14.3 Å². The lowest BCUT2D eigenvalue weighted by Gasteiger charge is -2.25. The molecule has 132 valence electrons. The molecule has 0 aliphatic carbocycles. The summed E-state index contributed by atoms with van der Waals surface area (Å²) in [5.74, 6) is 1.71. The van der Waals surface area contributed by atoms with Crippen LogP contribution >= 0.6 is 0 Å². The summed E-state index contributed by atoms with van der Waals surface area (Å²) >= 11 is 0. The fourth-order valence-corrected chi connectivity index (χ4v) is 3.44. The maximum atomic E-state index is 10.3. The van der Waals surface area contributed by atoms with Crippen LogP contribution in [0.15, 0.2) is 47.2 Å². The standard InChI is InChI=1S/C18H22N4O3/c23-14(12-24-13-15-5-4-10-25-15)11-21-8-3-6-16(21)18-20-19-17-7-1-2-9-22(17)18/h1-2,4-5,7,9-10,14,16,23H,3,6,8,11-13H2/t14-,16-/m1/s1. The number of fused-ring (bicyclic) bond motifs is 1. The van der Waals surface area contributed by atoms with Crippen LogP contribution in [0.4, 0.5) is 0 Å². The number of nitrogens with zero attached hydrogens (tertiary/aromatic N) is 4. The molecular weight excluding hydrogens is 320 g/mol. The van der Waals surface area contributed by atoms with Gasteiger partial charge in [-0.15, -0.1) is 10.2 Å². The lowest BCUT2D eigenvalue weighted by Crippen LogP contribution is -2.35. The third-order valence-electron chi connectivity index (χ3n) is 4.58. The molecule has 1 saturated heterocycles. The second kappa shape index (κ2) is 7.35. The first-order valence-corrected chi connectivity index (χ1v) is 8.63. The maximum absolute atomic E-state index is 10.3. The summed E-state index contributed by atoms with van der Waals surface area (Å²) in [6.07, 6.45) is 5.17. The number of furan rings is 1. The first-order chi connectivity index (χ1) is 12.3. The Morgan fingerprint density at radius 3 is 3.12 bits per heavy atom. The minimum Gasteiger partial charge on any atom is -0.467 e. The van der Waals surface area contributed by atoms with E-state index >= 15 is 0 Å². The number of hydrogen-bond donors (Lipinski definition) is 1. The van der Waals surface area contributed by atoms with Crippen molar-refractivity contribution in [2.75, 3.05) is 19.7 Å². The van der Waals surface area contributed by atoms with E-state index in [1.165, 1.54) is 0 Å². The summed E-state index contributed by atoms with van der Waals surface area (Å²) in [4.78, 5) is 2.27. The Kier molecular flexibility index (Phi) is 4.78. The molecule has 4 heterocycles.